The molecular formula is C10H13IO4. The van der Waals surface area contributed by atoms with Crippen LogP contribution in [0.3, 0.4) is 0 Å². The number of halogens is 1. The van der Waals surface area contributed by atoms with Crippen molar-refractivity contribution in [1.29, 1.82) is 0 Å². The van der Waals surface area contributed by atoms with Crippen LogP contribution in [0.2, 0.25) is 0 Å². The summed E-state index contributed by atoms with van der Waals surface area (Å²) >= 11 is 2.15. The molecule has 0 aliphatic carbocycles. The molecule has 0 N–H and O–H groups in total. The van der Waals surface area contributed by atoms with E-state index in [-0.39, 0.29) is 0 Å². The van der Waals surface area contributed by atoms with E-state index in [1.807, 2.05) is 6.07 Å². The summed E-state index contributed by atoms with van der Waals surface area (Å²) in [6.45, 7) is 0. The van der Waals surface area contributed by atoms with E-state index in [0.717, 1.165) is 3.57 Å². The van der Waals surface area contributed by atoms with Gasteiger partial charge < -0.3 is 18.9 Å². The molecule has 0 unspecified atom stereocenters. The van der Waals surface area contributed by atoms with Crippen LogP contribution in [0.5, 0.6) is 23.0 Å². The first-order valence-electron chi connectivity index (χ1n) is 4.22. The summed E-state index contributed by atoms with van der Waals surface area (Å²) in [5, 5.41) is 0. The average molecular weight is 324 g/mol. The van der Waals surface area contributed by atoms with Crippen LogP contribution in [0.4, 0.5) is 0 Å². The first-order valence-corrected chi connectivity index (χ1v) is 5.29. The summed E-state index contributed by atoms with van der Waals surface area (Å²) in [4.78, 5) is 0. The Morgan fingerprint density at radius 3 is 1.73 bits per heavy atom. The fourth-order valence-corrected chi connectivity index (χ4v) is 2.04. The van der Waals surface area contributed by atoms with E-state index in [0.29, 0.717) is 23.0 Å². The normalized spacial score (nSPS) is 9.67. The Morgan fingerprint density at radius 2 is 1.33 bits per heavy atom. The van der Waals surface area contributed by atoms with E-state index >= 15 is 0 Å². The van der Waals surface area contributed by atoms with Crippen molar-refractivity contribution >= 4 is 22.6 Å². The molecular weight excluding hydrogens is 311 g/mol. The zero-order valence-corrected chi connectivity index (χ0v) is 11.2. The first kappa shape index (κ1) is 12.2. The first-order chi connectivity index (χ1) is 7.19. The van der Waals surface area contributed by atoms with Gasteiger partial charge in [0.15, 0.2) is 11.5 Å². The van der Waals surface area contributed by atoms with E-state index in [1.165, 1.54) is 0 Å². The van der Waals surface area contributed by atoms with Crippen molar-refractivity contribution in [2.45, 2.75) is 0 Å². The van der Waals surface area contributed by atoms with Crippen LogP contribution in [0, 0.1) is 3.57 Å². The van der Waals surface area contributed by atoms with Gasteiger partial charge in [-0.15, -0.1) is 0 Å². The minimum absolute atomic E-state index is 0.539. The summed E-state index contributed by atoms with van der Waals surface area (Å²) in [5.74, 6) is 2.36. The number of hydrogen-bond acceptors (Lipinski definition) is 4. The van der Waals surface area contributed by atoms with E-state index in [2.05, 4.69) is 22.6 Å². The fourth-order valence-electron chi connectivity index (χ4n) is 1.29. The minimum atomic E-state index is 0.539. The molecule has 5 heteroatoms. The standard InChI is InChI=1S/C10H13IO4/c1-12-7-5-6(11)8(13-2)10(15-4)9(7)14-3/h5H,1-4H3. The molecule has 0 saturated carbocycles. The van der Waals surface area contributed by atoms with Crippen molar-refractivity contribution in [3.8, 4) is 23.0 Å². The van der Waals surface area contributed by atoms with Crippen LogP contribution < -0.4 is 18.9 Å². The van der Waals surface area contributed by atoms with E-state index in [9.17, 15) is 0 Å². The highest BCUT2D eigenvalue weighted by Crippen LogP contribution is 2.46. The van der Waals surface area contributed by atoms with Crippen molar-refractivity contribution in [3.05, 3.63) is 9.64 Å². The van der Waals surface area contributed by atoms with Crippen molar-refractivity contribution in [1.82, 2.24) is 0 Å². The molecule has 1 rings (SSSR count). The summed E-state index contributed by atoms with van der Waals surface area (Å²) in [5.41, 5.74) is 0. The van der Waals surface area contributed by atoms with Crippen molar-refractivity contribution in [2.75, 3.05) is 28.4 Å². The molecule has 1 aromatic rings. The van der Waals surface area contributed by atoms with Crippen LogP contribution in [0.25, 0.3) is 0 Å². The van der Waals surface area contributed by atoms with Gasteiger partial charge in [0.25, 0.3) is 0 Å². The Kier molecular flexibility index (Phi) is 4.31. The van der Waals surface area contributed by atoms with Crippen LogP contribution in [0.1, 0.15) is 0 Å². The number of benzene rings is 1. The highest BCUT2D eigenvalue weighted by molar-refractivity contribution is 14.1. The van der Waals surface area contributed by atoms with E-state index in [4.69, 9.17) is 18.9 Å². The number of ether oxygens (including phenoxy) is 4. The van der Waals surface area contributed by atoms with Crippen LogP contribution in [0.15, 0.2) is 6.07 Å². The molecule has 0 heterocycles. The Morgan fingerprint density at radius 1 is 0.800 bits per heavy atom. The summed E-state index contributed by atoms with van der Waals surface area (Å²) in [7, 11) is 6.30. The van der Waals surface area contributed by atoms with Gasteiger partial charge in [0.05, 0.1) is 32.0 Å². The van der Waals surface area contributed by atoms with Gasteiger partial charge in [-0.3, -0.25) is 0 Å². The number of rotatable bonds is 4. The Labute approximate surface area is 103 Å². The van der Waals surface area contributed by atoms with Gasteiger partial charge in [-0.1, -0.05) is 0 Å². The molecule has 0 saturated heterocycles. The third kappa shape index (κ3) is 2.22. The SMILES string of the molecule is COc1cc(I)c(OC)c(OC)c1OC. The molecule has 0 amide bonds. The fraction of sp³-hybridized carbons (Fsp3) is 0.400. The molecule has 1 aromatic carbocycles. The third-order valence-electron chi connectivity index (χ3n) is 1.94. The lowest BCUT2D eigenvalue weighted by Gasteiger charge is -2.16. The maximum absolute atomic E-state index is 5.25. The van der Waals surface area contributed by atoms with Crippen molar-refractivity contribution < 1.29 is 18.9 Å². The van der Waals surface area contributed by atoms with Gasteiger partial charge in [-0.25, -0.2) is 0 Å². The smallest absolute Gasteiger partial charge is 0.208 e. The monoisotopic (exact) mass is 324 g/mol. The lowest BCUT2D eigenvalue weighted by Crippen LogP contribution is -1.99. The van der Waals surface area contributed by atoms with Crippen molar-refractivity contribution in [3.63, 3.8) is 0 Å². The summed E-state index contributed by atoms with van der Waals surface area (Å²) in [6, 6.07) is 1.83. The van der Waals surface area contributed by atoms with E-state index < -0.39 is 0 Å². The Hall–Kier alpha value is -0.850. The van der Waals surface area contributed by atoms with Crippen LogP contribution in [-0.2, 0) is 0 Å². The molecule has 0 aliphatic rings. The minimum Gasteiger partial charge on any atom is -0.493 e. The molecule has 0 radical (unpaired) electrons. The predicted octanol–water partition coefficient (Wildman–Crippen LogP) is 2.33. The quantitative estimate of drug-likeness (QED) is 0.797. The zero-order valence-electron chi connectivity index (χ0n) is 9.09. The zero-order chi connectivity index (χ0) is 11.4. The summed E-state index contributed by atoms with van der Waals surface area (Å²) in [6.07, 6.45) is 0. The molecule has 0 fully saturated rings. The molecule has 4 nitrogen and oxygen atoms in total. The van der Waals surface area contributed by atoms with Crippen LogP contribution >= 0.6 is 22.6 Å². The lowest BCUT2D eigenvalue weighted by atomic mass is 10.2. The molecule has 0 atom stereocenters. The van der Waals surface area contributed by atoms with Gasteiger partial charge in [0.2, 0.25) is 11.5 Å². The van der Waals surface area contributed by atoms with Gasteiger partial charge >= 0.3 is 0 Å². The van der Waals surface area contributed by atoms with Crippen LogP contribution in [-0.4, -0.2) is 28.4 Å². The molecule has 0 aliphatic heterocycles. The highest BCUT2D eigenvalue weighted by Gasteiger charge is 2.19. The third-order valence-corrected chi connectivity index (χ3v) is 2.74. The lowest BCUT2D eigenvalue weighted by molar-refractivity contribution is 0.304. The Balaban J connectivity index is 3.44. The van der Waals surface area contributed by atoms with Gasteiger partial charge in [-0.05, 0) is 22.6 Å². The second-order valence-corrected chi connectivity index (χ2v) is 3.82. The van der Waals surface area contributed by atoms with E-state index in [1.54, 1.807) is 28.4 Å². The average Bonchev–Trinajstić information content (AvgIpc) is 2.27. The molecule has 84 valence electrons. The van der Waals surface area contributed by atoms with Crippen molar-refractivity contribution in [2.24, 2.45) is 0 Å². The molecule has 0 bridgehead atoms. The van der Waals surface area contributed by atoms with Gasteiger partial charge in [0, 0.05) is 6.07 Å². The molecule has 15 heavy (non-hydrogen) atoms. The highest BCUT2D eigenvalue weighted by atomic mass is 127. The largest absolute Gasteiger partial charge is 0.493 e. The summed E-state index contributed by atoms with van der Waals surface area (Å²) < 4.78 is 21.8. The number of hydrogen-bond donors (Lipinski definition) is 0. The maximum atomic E-state index is 5.25. The maximum Gasteiger partial charge on any atom is 0.208 e. The topological polar surface area (TPSA) is 36.9 Å². The second-order valence-electron chi connectivity index (χ2n) is 2.66. The number of methoxy groups -OCH3 is 4. The predicted molar refractivity (Wildman–Crippen MR) is 65.4 cm³/mol. The molecule has 0 spiro atoms. The molecule has 0 aromatic heterocycles. The Bertz CT molecular complexity index is 352. The second kappa shape index (κ2) is 5.29. The van der Waals surface area contributed by atoms with Gasteiger partial charge in [-0.2, -0.15) is 0 Å². The van der Waals surface area contributed by atoms with Gasteiger partial charge in [0.1, 0.15) is 0 Å².